The fourth-order valence-electron chi connectivity index (χ4n) is 3.30. The number of nitrogen functional groups attached to an aromatic ring is 1. The topological polar surface area (TPSA) is 114 Å². The maximum Gasteiger partial charge on any atom is 0.227 e. The summed E-state index contributed by atoms with van der Waals surface area (Å²) in [5.41, 5.74) is 8.45. The summed E-state index contributed by atoms with van der Waals surface area (Å²) in [4.78, 5) is 13.8. The van der Waals surface area contributed by atoms with Crippen LogP contribution in [0.5, 0.6) is 0 Å². The molecule has 0 amide bonds. The maximum atomic E-state index is 13.7. The quantitative estimate of drug-likeness (QED) is 0.303. The van der Waals surface area contributed by atoms with E-state index in [1.165, 1.54) is 18.2 Å². The average Bonchev–Trinajstić information content (AvgIpc) is 3.17. The molecule has 1 unspecified atom stereocenters. The molecule has 0 fully saturated rings. The monoisotopic (exact) mass is 449 g/mol. The largest absolute Gasteiger partial charge is 0.398 e. The van der Waals surface area contributed by atoms with Crippen LogP contribution in [0.4, 0.5) is 21.8 Å². The van der Waals surface area contributed by atoms with Gasteiger partial charge in [0.1, 0.15) is 5.82 Å². The normalized spacial score (nSPS) is 12.6. The molecule has 0 bridgehead atoms. The summed E-state index contributed by atoms with van der Waals surface area (Å²) < 4.78 is 15.6. The van der Waals surface area contributed by atoms with Crippen molar-refractivity contribution in [3.63, 3.8) is 0 Å². The van der Waals surface area contributed by atoms with Crippen LogP contribution in [-0.2, 0) is 13.1 Å². The van der Waals surface area contributed by atoms with Gasteiger partial charge < -0.3 is 26.0 Å². The molecule has 5 N–H and O–H groups in total. The molecule has 8 nitrogen and oxygen atoms in total. The van der Waals surface area contributed by atoms with Crippen LogP contribution >= 0.6 is 0 Å². The number of nitrogens with one attached hydrogen (secondary N) is 2. The van der Waals surface area contributed by atoms with Crippen LogP contribution < -0.4 is 16.4 Å². The van der Waals surface area contributed by atoms with Gasteiger partial charge in [-0.3, -0.25) is 0 Å². The van der Waals surface area contributed by atoms with Crippen molar-refractivity contribution < 1.29 is 9.50 Å². The molecule has 0 saturated heterocycles. The Labute approximate surface area is 191 Å². The predicted octanol–water partition coefficient (Wildman–Crippen LogP) is 3.78. The molecule has 1 atom stereocenters. The lowest BCUT2D eigenvalue weighted by Crippen LogP contribution is -2.39. The molecule has 0 aliphatic carbocycles. The number of nitrogens with zero attached hydrogens (tertiary/aromatic N) is 4. The third-order valence-corrected chi connectivity index (χ3v) is 5.62. The van der Waals surface area contributed by atoms with Gasteiger partial charge in [-0.15, -0.1) is 0 Å². The number of fused-ring (bicyclic) bond motifs is 1. The molecule has 33 heavy (non-hydrogen) atoms. The smallest absolute Gasteiger partial charge is 0.227 e. The SMILES string of the molecule is CC(Nc1nc(NCc2cc(F)ccc2N)c2ncn(Cc3ccccc3)c2n1)C(C)(C)O. The van der Waals surface area contributed by atoms with Gasteiger partial charge in [0.05, 0.1) is 24.5 Å². The Balaban J connectivity index is 1.71. The Morgan fingerprint density at radius 1 is 1.15 bits per heavy atom. The van der Waals surface area contributed by atoms with E-state index >= 15 is 0 Å². The first-order chi connectivity index (χ1) is 15.7. The number of anilines is 3. The van der Waals surface area contributed by atoms with E-state index in [0.717, 1.165) is 5.56 Å². The number of hydrogen-bond acceptors (Lipinski definition) is 7. The van der Waals surface area contributed by atoms with E-state index in [1.807, 2.05) is 41.8 Å². The minimum absolute atomic E-state index is 0.266. The standard InChI is InChI=1S/C24H28FN7O/c1-15(24(2,3)33)29-23-30-21(27-12-17-11-18(25)9-10-19(17)26)20-22(31-23)32(14-28-20)13-16-7-5-4-6-8-16/h4-11,14-15,33H,12-13,26H2,1-3H3,(H2,27,29,30,31). The van der Waals surface area contributed by atoms with Crippen LogP contribution in [-0.4, -0.2) is 36.3 Å². The third-order valence-electron chi connectivity index (χ3n) is 5.62. The number of hydrogen-bond donors (Lipinski definition) is 4. The maximum absolute atomic E-state index is 13.7. The molecule has 0 spiro atoms. The van der Waals surface area contributed by atoms with Gasteiger partial charge in [0.2, 0.25) is 5.95 Å². The zero-order valence-electron chi connectivity index (χ0n) is 18.9. The molecule has 2 aromatic heterocycles. The molecule has 2 heterocycles. The molecular formula is C24H28FN7O. The highest BCUT2D eigenvalue weighted by molar-refractivity contribution is 5.84. The van der Waals surface area contributed by atoms with Crippen molar-refractivity contribution in [3.8, 4) is 0 Å². The van der Waals surface area contributed by atoms with Gasteiger partial charge in [0.25, 0.3) is 0 Å². The highest BCUT2D eigenvalue weighted by Crippen LogP contribution is 2.24. The number of aliphatic hydroxyl groups is 1. The van der Waals surface area contributed by atoms with Gasteiger partial charge in [-0.1, -0.05) is 30.3 Å². The zero-order valence-corrected chi connectivity index (χ0v) is 18.9. The summed E-state index contributed by atoms with van der Waals surface area (Å²) in [6.07, 6.45) is 1.72. The highest BCUT2D eigenvalue weighted by Gasteiger charge is 2.24. The van der Waals surface area contributed by atoms with Crippen molar-refractivity contribution >= 4 is 28.6 Å². The average molecular weight is 450 g/mol. The Morgan fingerprint density at radius 3 is 2.64 bits per heavy atom. The van der Waals surface area contributed by atoms with E-state index in [1.54, 1.807) is 20.2 Å². The van der Waals surface area contributed by atoms with E-state index in [0.29, 0.717) is 40.7 Å². The molecular weight excluding hydrogens is 421 g/mol. The minimum atomic E-state index is -0.980. The van der Waals surface area contributed by atoms with Crippen LogP contribution in [0.2, 0.25) is 0 Å². The molecule has 0 aliphatic heterocycles. The number of imidazole rings is 1. The minimum Gasteiger partial charge on any atom is -0.398 e. The second-order valence-electron chi connectivity index (χ2n) is 8.64. The van der Waals surface area contributed by atoms with Crippen molar-refractivity contribution in [1.82, 2.24) is 19.5 Å². The first-order valence-corrected chi connectivity index (χ1v) is 10.7. The van der Waals surface area contributed by atoms with Crippen LogP contribution in [0.1, 0.15) is 31.9 Å². The molecule has 2 aromatic carbocycles. The fraction of sp³-hybridized carbons (Fsp3) is 0.292. The van der Waals surface area contributed by atoms with Crippen LogP contribution in [0.3, 0.4) is 0 Å². The number of aromatic nitrogens is 4. The number of rotatable bonds is 8. The molecule has 0 aliphatic rings. The molecule has 9 heteroatoms. The first kappa shape index (κ1) is 22.5. The molecule has 4 rings (SSSR count). The predicted molar refractivity (Wildman–Crippen MR) is 128 cm³/mol. The summed E-state index contributed by atoms with van der Waals surface area (Å²) in [7, 11) is 0. The number of benzene rings is 2. The summed E-state index contributed by atoms with van der Waals surface area (Å²) in [5.74, 6) is 0.477. The second kappa shape index (κ2) is 9.03. The lowest BCUT2D eigenvalue weighted by atomic mass is 10.0. The second-order valence-corrected chi connectivity index (χ2v) is 8.64. The molecule has 0 radical (unpaired) electrons. The van der Waals surface area contributed by atoms with Gasteiger partial charge in [-0.05, 0) is 50.1 Å². The molecule has 172 valence electrons. The van der Waals surface area contributed by atoms with Gasteiger partial charge in [0.15, 0.2) is 17.0 Å². The van der Waals surface area contributed by atoms with E-state index < -0.39 is 5.60 Å². The molecule has 4 aromatic rings. The van der Waals surface area contributed by atoms with Crippen molar-refractivity contribution in [1.29, 1.82) is 0 Å². The van der Waals surface area contributed by atoms with Gasteiger partial charge >= 0.3 is 0 Å². The summed E-state index contributed by atoms with van der Waals surface area (Å²) in [5, 5.41) is 16.7. The van der Waals surface area contributed by atoms with E-state index in [2.05, 4.69) is 25.6 Å². The van der Waals surface area contributed by atoms with Crippen molar-refractivity contribution in [2.24, 2.45) is 0 Å². The Morgan fingerprint density at radius 2 is 1.91 bits per heavy atom. The van der Waals surface area contributed by atoms with Gasteiger partial charge in [-0.25, -0.2) is 9.37 Å². The zero-order chi connectivity index (χ0) is 23.6. The lowest BCUT2D eigenvalue weighted by molar-refractivity contribution is 0.0646. The number of nitrogens with two attached hydrogens (primary N) is 1. The Bertz CT molecular complexity index is 1250. The van der Waals surface area contributed by atoms with Crippen molar-refractivity contribution in [3.05, 3.63) is 71.8 Å². The summed E-state index contributed by atoms with van der Waals surface area (Å²) in [6.45, 7) is 6.14. The van der Waals surface area contributed by atoms with Crippen LogP contribution in [0.15, 0.2) is 54.9 Å². The number of halogens is 1. The van der Waals surface area contributed by atoms with E-state index in [4.69, 9.17) is 5.73 Å². The van der Waals surface area contributed by atoms with Crippen LogP contribution in [0, 0.1) is 5.82 Å². The fourth-order valence-corrected chi connectivity index (χ4v) is 3.30. The van der Waals surface area contributed by atoms with Crippen LogP contribution in [0.25, 0.3) is 11.2 Å². The van der Waals surface area contributed by atoms with Crippen molar-refractivity contribution in [2.75, 3.05) is 16.4 Å². The van der Waals surface area contributed by atoms with E-state index in [-0.39, 0.29) is 18.4 Å². The molecule has 0 saturated carbocycles. The van der Waals surface area contributed by atoms with Gasteiger partial charge in [-0.2, -0.15) is 9.97 Å². The van der Waals surface area contributed by atoms with E-state index in [9.17, 15) is 9.50 Å². The third kappa shape index (κ3) is 5.20. The van der Waals surface area contributed by atoms with Crippen molar-refractivity contribution in [2.45, 2.75) is 45.5 Å². The Hall–Kier alpha value is -3.72. The summed E-state index contributed by atoms with van der Waals surface area (Å²) in [6, 6.07) is 14.0. The Kier molecular flexibility index (Phi) is 6.15. The summed E-state index contributed by atoms with van der Waals surface area (Å²) >= 11 is 0. The lowest BCUT2D eigenvalue weighted by Gasteiger charge is -2.26. The first-order valence-electron chi connectivity index (χ1n) is 10.7. The van der Waals surface area contributed by atoms with Gasteiger partial charge in [0, 0.05) is 12.2 Å². The highest BCUT2D eigenvalue weighted by atomic mass is 19.1.